The largest absolute Gasteiger partial charge is 0.444 e. The summed E-state index contributed by atoms with van der Waals surface area (Å²) in [6.45, 7) is 19.0. The zero-order valence-corrected chi connectivity index (χ0v) is 23.3. The van der Waals surface area contributed by atoms with Gasteiger partial charge in [0.25, 0.3) is 8.32 Å². The van der Waals surface area contributed by atoms with Crippen molar-refractivity contribution in [3.05, 3.63) is 60.7 Å². The number of nitrogens with zero attached hydrogens (tertiary/aromatic N) is 1. The van der Waals surface area contributed by atoms with Crippen molar-refractivity contribution in [1.82, 2.24) is 4.90 Å². The number of hydrogen-bond acceptors (Lipinski definition) is 4. The molecule has 1 saturated heterocycles. The van der Waals surface area contributed by atoms with Crippen molar-refractivity contribution in [3.8, 4) is 0 Å². The van der Waals surface area contributed by atoms with E-state index in [2.05, 4.69) is 69.3 Å². The number of amides is 1. The van der Waals surface area contributed by atoms with Crippen molar-refractivity contribution < 1.29 is 18.7 Å². The van der Waals surface area contributed by atoms with Gasteiger partial charge in [-0.2, -0.15) is 0 Å². The van der Waals surface area contributed by atoms with Gasteiger partial charge in [-0.25, -0.2) is 4.79 Å². The second-order valence-electron chi connectivity index (χ2n) is 12.0. The summed E-state index contributed by atoms with van der Waals surface area (Å²) in [5.41, 5.74) is -2.08. The van der Waals surface area contributed by atoms with Crippen molar-refractivity contribution in [2.24, 2.45) is 0 Å². The summed E-state index contributed by atoms with van der Waals surface area (Å²) in [4.78, 5) is 15.1. The topological polar surface area (TPSA) is 48.0 Å². The predicted octanol–water partition coefficient (Wildman–Crippen LogP) is 5.33. The summed E-state index contributed by atoms with van der Waals surface area (Å²) in [5, 5.41) is 2.26. The van der Waals surface area contributed by atoms with E-state index in [-0.39, 0.29) is 11.1 Å². The molecular weight excluding hydrogens is 442 g/mol. The summed E-state index contributed by atoms with van der Waals surface area (Å²) in [5.74, 6) is 0. The normalized spacial score (nSPS) is 20.9. The fourth-order valence-corrected chi connectivity index (χ4v) is 9.67. The minimum atomic E-state index is -2.76. The van der Waals surface area contributed by atoms with Crippen molar-refractivity contribution in [2.45, 2.75) is 84.2 Å². The Balaban J connectivity index is 2.06. The number of rotatable bonds is 5. The van der Waals surface area contributed by atoms with Gasteiger partial charge >= 0.3 is 6.09 Å². The van der Waals surface area contributed by atoms with Crippen LogP contribution in [0.5, 0.6) is 0 Å². The zero-order valence-electron chi connectivity index (χ0n) is 22.3. The molecule has 1 fully saturated rings. The van der Waals surface area contributed by atoms with Crippen LogP contribution in [-0.4, -0.2) is 49.4 Å². The molecule has 0 N–H and O–H groups in total. The highest BCUT2D eigenvalue weighted by molar-refractivity contribution is 6.99. The van der Waals surface area contributed by atoms with E-state index in [9.17, 15) is 4.79 Å². The molecule has 3 rings (SSSR count). The SMILES string of the molecule is CC(C)(C)OC(=O)N1C(C)(C)OC[C@]1(C)CO[Si](c1ccccc1)(c1ccccc1)C(C)(C)C. The zero-order chi connectivity index (χ0) is 25.4. The summed E-state index contributed by atoms with van der Waals surface area (Å²) < 4.78 is 19.1. The molecule has 1 heterocycles. The first-order valence-corrected chi connectivity index (χ1v) is 14.0. The van der Waals surface area contributed by atoms with E-state index in [1.165, 1.54) is 10.4 Å². The van der Waals surface area contributed by atoms with Crippen LogP contribution in [0, 0.1) is 0 Å². The highest BCUT2D eigenvalue weighted by atomic mass is 28.4. The van der Waals surface area contributed by atoms with Crippen LogP contribution in [-0.2, 0) is 13.9 Å². The molecule has 0 unspecified atom stereocenters. The first kappa shape index (κ1) is 26.5. The summed E-state index contributed by atoms with van der Waals surface area (Å²) in [7, 11) is -2.76. The third-order valence-electron chi connectivity index (χ3n) is 6.41. The third kappa shape index (κ3) is 5.09. The Labute approximate surface area is 206 Å². The van der Waals surface area contributed by atoms with Gasteiger partial charge in [-0.05, 0) is 57.0 Å². The highest BCUT2D eigenvalue weighted by Gasteiger charge is 2.56. The first-order chi connectivity index (χ1) is 15.6. The van der Waals surface area contributed by atoms with Crippen LogP contribution in [0.2, 0.25) is 5.04 Å². The maximum Gasteiger partial charge on any atom is 0.413 e. The van der Waals surface area contributed by atoms with E-state index in [1.807, 2.05) is 53.7 Å². The van der Waals surface area contributed by atoms with Crippen molar-refractivity contribution in [1.29, 1.82) is 0 Å². The van der Waals surface area contributed by atoms with Crippen LogP contribution in [0.1, 0.15) is 62.3 Å². The molecule has 186 valence electrons. The lowest BCUT2D eigenvalue weighted by Crippen LogP contribution is -2.68. The van der Waals surface area contributed by atoms with Gasteiger partial charge in [0.2, 0.25) is 0 Å². The van der Waals surface area contributed by atoms with E-state index >= 15 is 0 Å². The Morgan fingerprint density at radius 1 is 0.912 bits per heavy atom. The molecule has 1 aliphatic rings. The van der Waals surface area contributed by atoms with Crippen LogP contribution in [0.25, 0.3) is 0 Å². The average molecular weight is 484 g/mol. The Kier molecular flexibility index (Phi) is 7.11. The minimum absolute atomic E-state index is 0.155. The van der Waals surface area contributed by atoms with E-state index in [1.54, 1.807) is 4.90 Å². The average Bonchev–Trinajstić information content (AvgIpc) is 2.97. The Hall–Kier alpha value is -2.15. The molecule has 0 radical (unpaired) electrons. The standard InChI is InChI=1S/C28H41NO4Si/c1-25(2,3)33-24(30)29-27(7,8)31-20-28(29,9)21-32-34(26(4,5)6,22-16-12-10-13-17-22)23-18-14-11-15-19-23/h10-19H,20-21H2,1-9H3/t28-/m1/s1. The fraction of sp³-hybridized carbons (Fsp3) is 0.536. The molecule has 1 atom stereocenters. The van der Waals surface area contributed by atoms with Gasteiger partial charge in [-0.15, -0.1) is 0 Å². The Morgan fingerprint density at radius 3 is 1.79 bits per heavy atom. The lowest BCUT2D eigenvalue weighted by molar-refractivity contribution is -0.0708. The fourth-order valence-electron chi connectivity index (χ4n) is 4.99. The van der Waals surface area contributed by atoms with Crippen molar-refractivity contribution >= 4 is 24.8 Å². The Bertz CT molecular complexity index is 939. The van der Waals surface area contributed by atoms with Crippen LogP contribution < -0.4 is 10.4 Å². The molecule has 6 heteroatoms. The lowest BCUT2D eigenvalue weighted by Gasteiger charge is -2.46. The molecule has 2 aromatic carbocycles. The monoisotopic (exact) mass is 483 g/mol. The van der Waals surface area contributed by atoms with Crippen LogP contribution in [0.4, 0.5) is 4.79 Å². The van der Waals surface area contributed by atoms with Gasteiger partial charge in [0.05, 0.1) is 18.8 Å². The Morgan fingerprint density at radius 2 is 1.38 bits per heavy atom. The molecule has 1 aliphatic heterocycles. The van der Waals surface area contributed by atoms with Gasteiger partial charge in [0, 0.05) is 0 Å². The van der Waals surface area contributed by atoms with Gasteiger partial charge < -0.3 is 13.9 Å². The third-order valence-corrected chi connectivity index (χ3v) is 11.4. The van der Waals surface area contributed by atoms with E-state index in [4.69, 9.17) is 13.9 Å². The number of ether oxygens (including phenoxy) is 2. The molecule has 5 nitrogen and oxygen atoms in total. The number of hydrogen-bond donors (Lipinski definition) is 0. The molecule has 1 amide bonds. The summed E-state index contributed by atoms with van der Waals surface area (Å²) >= 11 is 0. The second kappa shape index (κ2) is 9.13. The van der Waals surface area contributed by atoms with Gasteiger partial charge in [0.1, 0.15) is 11.3 Å². The molecule has 0 aliphatic carbocycles. The molecule has 34 heavy (non-hydrogen) atoms. The van der Waals surface area contributed by atoms with Gasteiger partial charge in [-0.3, -0.25) is 4.90 Å². The summed E-state index contributed by atoms with van der Waals surface area (Å²) in [6, 6.07) is 21.1. The molecular formula is C28H41NO4Si. The first-order valence-electron chi connectivity index (χ1n) is 12.0. The molecule has 2 aromatic rings. The van der Waals surface area contributed by atoms with Crippen LogP contribution in [0.3, 0.4) is 0 Å². The van der Waals surface area contributed by atoms with Crippen molar-refractivity contribution in [2.75, 3.05) is 13.2 Å². The molecule has 0 bridgehead atoms. The van der Waals surface area contributed by atoms with Crippen LogP contribution in [0.15, 0.2) is 60.7 Å². The van der Waals surface area contributed by atoms with Crippen LogP contribution >= 0.6 is 0 Å². The highest BCUT2D eigenvalue weighted by Crippen LogP contribution is 2.41. The van der Waals surface area contributed by atoms with Gasteiger partial charge in [0.15, 0.2) is 0 Å². The molecule has 0 aromatic heterocycles. The number of carbonyl (C=O) groups is 1. The molecule has 0 spiro atoms. The maximum atomic E-state index is 13.3. The predicted molar refractivity (Wildman–Crippen MR) is 140 cm³/mol. The van der Waals surface area contributed by atoms with E-state index < -0.39 is 25.2 Å². The van der Waals surface area contributed by atoms with Crippen molar-refractivity contribution in [3.63, 3.8) is 0 Å². The lowest BCUT2D eigenvalue weighted by atomic mass is 10.0. The smallest absolute Gasteiger partial charge is 0.413 e. The maximum absolute atomic E-state index is 13.3. The van der Waals surface area contributed by atoms with Gasteiger partial charge in [-0.1, -0.05) is 81.4 Å². The minimum Gasteiger partial charge on any atom is -0.444 e. The quantitative estimate of drug-likeness (QED) is 0.540. The van der Waals surface area contributed by atoms with E-state index in [0.29, 0.717) is 13.2 Å². The molecule has 0 saturated carbocycles. The number of benzene rings is 2. The van der Waals surface area contributed by atoms with E-state index in [0.717, 1.165) is 0 Å². The second-order valence-corrected chi connectivity index (χ2v) is 16.3. The number of carbonyl (C=O) groups excluding carboxylic acids is 1. The summed E-state index contributed by atoms with van der Waals surface area (Å²) in [6.07, 6.45) is -0.386.